The summed E-state index contributed by atoms with van der Waals surface area (Å²) in [7, 11) is 0. The fraction of sp³-hybridized carbons (Fsp3) is 0.500. The molecule has 1 aliphatic rings. The molecule has 0 spiro atoms. The van der Waals surface area contributed by atoms with Crippen molar-refractivity contribution in [3.63, 3.8) is 0 Å². The summed E-state index contributed by atoms with van der Waals surface area (Å²) < 4.78 is 0.603. The van der Waals surface area contributed by atoms with Gasteiger partial charge in [0, 0.05) is 12.2 Å². The summed E-state index contributed by atoms with van der Waals surface area (Å²) >= 11 is 3.28. The van der Waals surface area contributed by atoms with E-state index in [4.69, 9.17) is 0 Å². The number of carbonyl (C=O) groups excluding carboxylic acids is 1. The van der Waals surface area contributed by atoms with E-state index in [2.05, 4.69) is 33.2 Å². The zero-order valence-electron chi connectivity index (χ0n) is 9.24. The first-order chi connectivity index (χ1) is 7.66. The number of nitrogens with one attached hydrogen (secondary N) is 1. The van der Waals surface area contributed by atoms with Crippen LogP contribution in [-0.4, -0.2) is 16.9 Å². The lowest BCUT2D eigenvalue weighted by Crippen LogP contribution is -2.33. The fourth-order valence-corrected chi connectivity index (χ4v) is 2.20. The first kappa shape index (κ1) is 11.6. The lowest BCUT2D eigenvalue weighted by Gasteiger charge is -2.13. The largest absolute Gasteiger partial charge is 0.349 e. The highest BCUT2D eigenvalue weighted by molar-refractivity contribution is 9.10. The van der Waals surface area contributed by atoms with Crippen molar-refractivity contribution in [3.05, 3.63) is 28.5 Å². The molecule has 86 valence electrons. The number of amides is 1. The molecule has 1 aliphatic carbocycles. The second kappa shape index (κ2) is 4.95. The van der Waals surface area contributed by atoms with E-state index in [9.17, 15) is 4.79 Å². The standard InChI is InChI=1S/C12H15BrN2O/c1-8(7-9-4-5-9)15-12(16)10-3-2-6-14-11(10)13/h2-3,6,8-9H,4-5,7H2,1H3,(H,15,16). The minimum absolute atomic E-state index is 0.0480. The number of rotatable bonds is 4. The van der Waals surface area contributed by atoms with Crippen LogP contribution >= 0.6 is 15.9 Å². The minimum Gasteiger partial charge on any atom is -0.349 e. The van der Waals surface area contributed by atoms with Gasteiger partial charge in [-0.15, -0.1) is 0 Å². The van der Waals surface area contributed by atoms with E-state index in [0.29, 0.717) is 10.2 Å². The number of aromatic nitrogens is 1. The Balaban J connectivity index is 1.94. The van der Waals surface area contributed by atoms with Crippen molar-refractivity contribution in [1.29, 1.82) is 0 Å². The maximum atomic E-state index is 11.9. The Labute approximate surface area is 104 Å². The Morgan fingerprint density at radius 3 is 3.06 bits per heavy atom. The molecule has 1 unspecified atom stereocenters. The van der Waals surface area contributed by atoms with Gasteiger partial charge in [-0.05, 0) is 47.3 Å². The number of nitrogens with zero attached hydrogens (tertiary/aromatic N) is 1. The summed E-state index contributed by atoms with van der Waals surface area (Å²) in [5.74, 6) is 0.778. The normalized spacial score (nSPS) is 16.9. The summed E-state index contributed by atoms with van der Waals surface area (Å²) in [5.41, 5.74) is 0.602. The van der Waals surface area contributed by atoms with E-state index in [1.165, 1.54) is 12.8 Å². The van der Waals surface area contributed by atoms with Gasteiger partial charge in [-0.25, -0.2) is 4.98 Å². The lowest BCUT2D eigenvalue weighted by molar-refractivity contribution is 0.0936. The predicted molar refractivity (Wildman–Crippen MR) is 66.2 cm³/mol. The average Bonchev–Trinajstić information content (AvgIpc) is 3.01. The van der Waals surface area contributed by atoms with Crippen molar-refractivity contribution in [2.45, 2.75) is 32.2 Å². The van der Waals surface area contributed by atoms with Crippen LogP contribution < -0.4 is 5.32 Å². The van der Waals surface area contributed by atoms with Gasteiger partial charge in [0.05, 0.1) is 5.56 Å². The van der Waals surface area contributed by atoms with E-state index >= 15 is 0 Å². The molecule has 0 radical (unpaired) electrons. The molecule has 16 heavy (non-hydrogen) atoms. The monoisotopic (exact) mass is 282 g/mol. The van der Waals surface area contributed by atoms with Gasteiger partial charge in [0.1, 0.15) is 4.60 Å². The van der Waals surface area contributed by atoms with Gasteiger partial charge in [-0.2, -0.15) is 0 Å². The lowest BCUT2D eigenvalue weighted by atomic mass is 10.1. The first-order valence-corrected chi connectivity index (χ1v) is 6.37. The molecule has 1 aromatic rings. The third kappa shape index (κ3) is 3.04. The molecule has 1 N–H and O–H groups in total. The second-order valence-corrected chi connectivity index (χ2v) is 5.15. The molecule has 1 amide bonds. The highest BCUT2D eigenvalue weighted by Gasteiger charge is 2.24. The van der Waals surface area contributed by atoms with Crippen molar-refractivity contribution < 1.29 is 4.79 Å². The number of pyridine rings is 1. The highest BCUT2D eigenvalue weighted by atomic mass is 79.9. The van der Waals surface area contributed by atoms with Crippen LogP contribution in [0.2, 0.25) is 0 Å². The zero-order valence-corrected chi connectivity index (χ0v) is 10.8. The molecule has 4 heteroatoms. The molecule has 0 aliphatic heterocycles. The van der Waals surface area contributed by atoms with Gasteiger partial charge in [0.2, 0.25) is 0 Å². The van der Waals surface area contributed by atoms with Crippen LogP contribution in [0.15, 0.2) is 22.9 Å². The smallest absolute Gasteiger partial charge is 0.254 e. The maximum Gasteiger partial charge on any atom is 0.254 e. The van der Waals surface area contributed by atoms with Crippen LogP contribution in [0.1, 0.15) is 36.5 Å². The van der Waals surface area contributed by atoms with Crippen molar-refractivity contribution >= 4 is 21.8 Å². The molecule has 1 heterocycles. The Morgan fingerprint density at radius 1 is 1.69 bits per heavy atom. The Hall–Kier alpha value is -0.900. The molecule has 1 atom stereocenters. The molecule has 2 rings (SSSR count). The molecule has 0 saturated heterocycles. The van der Waals surface area contributed by atoms with E-state index in [-0.39, 0.29) is 11.9 Å². The quantitative estimate of drug-likeness (QED) is 0.863. The molecule has 1 fully saturated rings. The SMILES string of the molecule is CC(CC1CC1)NC(=O)c1cccnc1Br. The van der Waals surface area contributed by atoms with Gasteiger partial charge in [-0.1, -0.05) is 12.8 Å². The van der Waals surface area contributed by atoms with Crippen molar-refractivity contribution in [2.75, 3.05) is 0 Å². The molecule has 3 nitrogen and oxygen atoms in total. The third-order valence-corrected chi connectivity index (χ3v) is 3.40. The maximum absolute atomic E-state index is 11.9. The first-order valence-electron chi connectivity index (χ1n) is 5.58. The zero-order chi connectivity index (χ0) is 11.5. The number of hydrogen-bond donors (Lipinski definition) is 1. The van der Waals surface area contributed by atoms with E-state index in [0.717, 1.165) is 12.3 Å². The van der Waals surface area contributed by atoms with Crippen LogP contribution in [0.25, 0.3) is 0 Å². The van der Waals surface area contributed by atoms with Crippen LogP contribution in [-0.2, 0) is 0 Å². The van der Waals surface area contributed by atoms with Crippen LogP contribution in [0.3, 0.4) is 0 Å². The molecule has 1 saturated carbocycles. The van der Waals surface area contributed by atoms with Crippen molar-refractivity contribution in [2.24, 2.45) is 5.92 Å². The van der Waals surface area contributed by atoms with Crippen molar-refractivity contribution in [1.82, 2.24) is 10.3 Å². The summed E-state index contributed by atoms with van der Waals surface area (Å²) in [5, 5.41) is 3.00. The summed E-state index contributed by atoms with van der Waals surface area (Å²) in [6, 6.07) is 3.79. The minimum atomic E-state index is -0.0480. The van der Waals surface area contributed by atoms with Crippen LogP contribution in [0, 0.1) is 5.92 Å². The highest BCUT2D eigenvalue weighted by Crippen LogP contribution is 2.33. The summed E-state index contributed by atoms with van der Waals surface area (Å²) in [6.45, 7) is 2.06. The summed E-state index contributed by atoms with van der Waals surface area (Å²) in [6.07, 6.45) is 5.38. The van der Waals surface area contributed by atoms with Crippen molar-refractivity contribution in [3.8, 4) is 0 Å². The van der Waals surface area contributed by atoms with Gasteiger partial charge >= 0.3 is 0 Å². The molecular weight excluding hydrogens is 268 g/mol. The molecular formula is C12H15BrN2O. The number of halogens is 1. The Bertz CT molecular complexity index is 390. The Kier molecular flexibility index (Phi) is 3.59. The molecule has 1 aromatic heterocycles. The fourth-order valence-electron chi connectivity index (χ4n) is 1.77. The van der Waals surface area contributed by atoms with E-state index in [1.807, 2.05) is 0 Å². The Morgan fingerprint density at radius 2 is 2.44 bits per heavy atom. The van der Waals surface area contributed by atoms with Gasteiger partial charge in [0.15, 0.2) is 0 Å². The van der Waals surface area contributed by atoms with E-state index < -0.39 is 0 Å². The average molecular weight is 283 g/mol. The summed E-state index contributed by atoms with van der Waals surface area (Å²) in [4.78, 5) is 15.9. The third-order valence-electron chi connectivity index (χ3n) is 2.77. The predicted octanol–water partition coefficient (Wildman–Crippen LogP) is 2.76. The van der Waals surface area contributed by atoms with E-state index in [1.54, 1.807) is 18.3 Å². The van der Waals surface area contributed by atoms with Crippen LogP contribution in [0.5, 0.6) is 0 Å². The van der Waals surface area contributed by atoms with Gasteiger partial charge in [-0.3, -0.25) is 4.79 Å². The molecule has 0 aromatic carbocycles. The number of hydrogen-bond acceptors (Lipinski definition) is 2. The second-order valence-electron chi connectivity index (χ2n) is 4.40. The molecule has 0 bridgehead atoms. The van der Waals surface area contributed by atoms with Gasteiger partial charge in [0.25, 0.3) is 5.91 Å². The van der Waals surface area contributed by atoms with Crippen LogP contribution in [0.4, 0.5) is 0 Å². The number of carbonyl (C=O) groups is 1. The van der Waals surface area contributed by atoms with Gasteiger partial charge < -0.3 is 5.32 Å². The topological polar surface area (TPSA) is 42.0 Å².